The number of nitrogens with zero attached hydrogens (tertiary/aromatic N) is 2. The highest BCUT2D eigenvalue weighted by Crippen LogP contribution is 2.07. The van der Waals surface area contributed by atoms with Crippen LogP contribution in [0.25, 0.3) is 6.08 Å². The Kier molecular flexibility index (Phi) is 5.32. The van der Waals surface area contributed by atoms with E-state index in [4.69, 9.17) is 5.73 Å². The first-order valence-corrected chi connectivity index (χ1v) is 7.14. The Bertz CT molecular complexity index is 450. The van der Waals surface area contributed by atoms with Crippen molar-refractivity contribution in [1.29, 1.82) is 0 Å². The maximum atomic E-state index is 11.2. The molecule has 1 heterocycles. The largest absolute Gasteiger partial charge is 0.368 e. The lowest BCUT2D eigenvalue weighted by Crippen LogP contribution is -2.52. The number of rotatable bonds is 5. The van der Waals surface area contributed by atoms with Gasteiger partial charge in [0.25, 0.3) is 0 Å². The van der Waals surface area contributed by atoms with E-state index in [0.29, 0.717) is 0 Å². The standard InChI is InChI=1S/C16H23N3O/c1-14(16(17)20)19-12-10-18(11-13-19)9-5-8-15-6-3-2-4-7-15/h2-8,14H,9-13H2,1H3,(H2,17,20)/b8-5+. The number of piperazine rings is 1. The fourth-order valence-electron chi connectivity index (χ4n) is 2.42. The molecule has 108 valence electrons. The van der Waals surface area contributed by atoms with Crippen molar-refractivity contribution in [2.45, 2.75) is 13.0 Å². The molecule has 4 nitrogen and oxygen atoms in total. The number of hydrogen-bond acceptors (Lipinski definition) is 3. The van der Waals surface area contributed by atoms with Crippen LogP contribution in [0, 0.1) is 0 Å². The van der Waals surface area contributed by atoms with Crippen LogP contribution in [-0.4, -0.2) is 54.5 Å². The lowest BCUT2D eigenvalue weighted by Gasteiger charge is -2.36. The third-order valence-electron chi connectivity index (χ3n) is 3.84. The number of carbonyl (C=O) groups excluding carboxylic acids is 1. The molecule has 0 spiro atoms. The number of benzene rings is 1. The fraction of sp³-hybridized carbons (Fsp3) is 0.438. The molecule has 2 N–H and O–H groups in total. The van der Waals surface area contributed by atoms with E-state index < -0.39 is 0 Å². The van der Waals surface area contributed by atoms with Crippen molar-refractivity contribution in [1.82, 2.24) is 9.80 Å². The Morgan fingerprint density at radius 3 is 2.50 bits per heavy atom. The van der Waals surface area contributed by atoms with Crippen molar-refractivity contribution >= 4 is 12.0 Å². The van der Waals surface area contributed by atoms with Gasteiger partial charge in [0.05, 0.1) is 6.04 Å². The summed E-state index contributed by atoms with van der Waals surface area (Å²) in [5, 5.41) is 0. The molecule has 1 aliphatic heterocycles. The van der Waals surface area contributed by atoms with Crippen LogP contribution in [-0.2, 0) is 4.79 Å². The molecule has 0 radical (unpaired) electrons. The van der Waals surface area contributed by atoms with Gasteiger partial charge in [0, 0.05) is 32.7 Å². The highest BCUT2D eigenvalue weighted by Gasteiger charge is 2.23. The Morgan fingerprint density at radius 1 is 1.25 bits per heavy atom. The zero-order valence-electron chi connectivity index (χ0n) is 12.0. The molecule has 0 aliphatic carbocycles. The maximum absolute atomic E-state index is 11.2. The van der Waals surface area contributed by atoms with Gasteiger partial charge < -0.3 is 5.73 Å². The van der Waals surface area contributed by atoms with Gasteiger partial charge in [-0.1, -0.05) is 42.5 Å². The number of carbonyl (C=O) groups is 1. The molecule has 1 fully saturated rings. The van der Waals surface area contributed by atoms with Crippen LogP contribution in [0.5, 0.6) is 0 Å². The normalized spacial score (nSPS) is 19.2. The number of hydrogen-bond donors (Lipinski definition) is 1. The molecule has 1 aromatic rings. The van der Waals surface area contributed by atoms with Gasteiger partial charge in [0.15, 0.2) is 0 Å². The van der Waals surface area contributed by atoms with Crippen LogP contribution in [0.2, 0.25) is 0 Å². The van der Waals surface area contributed by atoms with E-state index in [1.165, 1.54) is 5.56 Å². The molecule has 1 atom stereocenters. The quantitative estimate of drug-likeness (QED) is 0.877. The predicted octanol–water partition coefficient (Wildman–Crippen LogP) is 1.19. The van der Waals surface area contributed by atoms with Gasteiger partial charge in [-0.05, 0) is 12.5 Å². The number of nitrogens with two attached hydrogens (primary N) is 1. The summed E-state index contributed by atoms with van der Waals surface area (Å²) in [6.45, 7) is 6.61. The third-order valence-corrected chi connectivity index (χ3v) is 3.84. The minimum atomic E-state index is -0.234. The lowest BCUT2D eigenvalue weighted by molar-refractivity contribution is -0.123. The van der Waals surface area contributed by atoms with E-state index in [-0.39, 0.29) is 11.9 Å². The Balaban J connectivity index is 1.75. The second-order valence-electron chi connectivity index (χ2n) is 5.23. The zero-order chi connectivity index (χ0) is 14.4. The lowest BCUT2D eigenvalue weighted by atomic mass is 10.2. The summed E-state index contributed by atoms with van der Waals surface area (Å²) < 4.78 is 0. The van der Waals surface area contributed by atoms with Crippen LogP contribution in [0.3, 0.4) is 0 Å². The van der Waals surface area contributed by atoms with Crippen molar-refractivity contribution in [2.24, 2.45) is 5.73 Å². The first-order valence-electron chi connectivity index (χ1n) is 7.14. The summed E-state index contributed by atoms with van der Waals surface area (Å²) in [5.74, 6) is -0.234. The zero-order valence-corrected chi connectivity index (χ0v) is 12.0. The van der Waals surface area contributed by atoms with Crippen molar-refractivity contribution in [3.8, 4) is 0 Å². The molecule has 0 aromatic heterocycles. The molecule has 0 bridgehead atoms. The van der Waals surface area contributed by atoms with Gasteiger partial charge in [-0.25, -0.2) is 0 Å². The highest BCUT2D eigenvalue weighted by molar-refractivity contribution is 5.79. The Labute approximate surface area is 120 Å². The molecule has 4 heteroatoms. The molecule has 0 saturated carbocycles. The molecule has 1 aromatic carbocycles. The van der Waals surface area contributed by atoms with E-state index in [1.807, 2.05) is 25.1 Å². The van der Waals surface area contributed by atoms with Crippen LogP contribution in [0.1, 0.15) is 12.5 Å². The molecule has 1 saturated heterocycles. The number of primary amides is 1. The minimum Gasteiger partial charge on any atom is -0.368 e. The maximum Gasteiger partial charge on any atom is 0.234 e. The van der Waals surface area contributed by atoms with E-state index in [9.17, 15) is 4.79 Å². The highest BCUT2D eigenvalue weighted by atomic mass is 16.1. The van der Waals surface area contributed by atoms with Crippen LogP contribution >= 0.6 is 0 Å². The Hall–Kier alpha value is -1.65. The first kappa shape index (κ1) is 14.8. The van der Waals surface area contributed by atoms with E-state index >= 15 is 0 Å². The molecular formula is C16H23N3O. The Morgan fingerprint density at radius 2 is 1.90 bits per heavy atom. The van der Waals surface area contributed by atoms with Gasteiger partial charge in [-0.15, -0.1) is 0 Å². The summed E-state index contributed by atoms with van der Waals surface area (Å²) in [7, 11) is 0. The SMILES string of the molecule is CC(C(N)=O)N1CCN(C/C=C/c2ccccc2)CC1. The second kappa shape index (κ2) is 7.22. The topological polar surface area (TPSA) is 49.6 Å². The van der Waals surface area contributed by atoms with Crippen LogP contribution in [0.15, 0.2) is 36.4 Å². The minimum absolute atomic E-state index is 0.156. The molecule has 2 rings (SSSR count). The fourth-order valence-corrected chi connectivity index (χ4v) is 2.42. The molecule has 1 amide bonds. The van der Waals surface area contributed by atoms with Crippen LogP contribution in [0.4, 0.5) is 0 Å². The van der Waals surface area contributed by atoms with Crippen LogP contribution < -0.4 is 5.73 Å². The second-order valence-corrected chi connectivity index (χ2v) is 5.23. The van der Waals surface area contributed by atoms with Crippen molar-refractivity contribution in [3.05, 3.63) is 42.0 Å². The van der Waals surface area contributed by atoms with Gasteiger partial charge in [-0.3, -0.25) is 14.6 Å². The first-order chi connectivity index (χ1) is 9.66. The summed E-state index contributed by atoms with van der Waals surface area (Å²) in [6, 6.07) is 10.2. The number of amides is 1. The molecular weight excluding hydrogens is 250 g/mol. The summed E-state index contributed by atoms with van der Waals surface area (Å²) in [6.07, 6.45) is 4.35. The smallest absolute Gasteiger partial charge is 0.234 e. The summed E-state index contributed by atoms with van der Waals surface area (Å²) >= 11 is 0. The predicted molar refractivity (Wildman–Crippen MR) is 82.1 cm³/mol. The summed E-state index contributed by atoms with van der Waals surface area (Å²) in [5.41, 5.74) is 6.57. The monoisotopic (exact) mass is 273 g/mol. The van der Waals surface area contributed by atoms with Crippen molar-refractivity contribution in [2.75, 3.05) is 32.7 Å². The molecule has 20 heavy (non-hydrogen) atoms. The van der Waals surface area contributed by atoms with Gasteiger partial charge in [0.1, 0.15) is 0 Å². The van der Waals surface area contributed by atoms with Gasteiger partial charge in [-0.2, -0.15) is 0 Å². The third kappa shape index (κ3) is 4.18. The average molecular weight is 273 g/mol. The average Bonchev–Trinajstić information content (AvgIpc) is 2.48. The molecule has 1 unspecified atom stereocenters. The van der Waals surface area contributed by atoms with Crippen molar-refractivity contribution in [3.63, 3.8) is 0 Å². The van der Waals surface area contributed by atoms with E-state index in [2.05, 4.69) is 34.1 Å². The van der Waals surface area contributed by atoms with Gasteiger partial charge >= 0.3 is 0 Å². The van der Waals surface area contributed by atoms with E-state index in [0.717, 1.165) is 32.7 Å². The molecule has 1 aliphatic rings. The van der Waals surface area contributed by atoms with Gasteiger partial charge in [0.2, 0.25) is 5.91 Å². The summed E-state index contributed by atoms with van der Waals surface area (Å²) in [4.78, 5) is 15.7. The van der Waals surface area contributed by atoms with E-state index in [1.54, 1.807) is 0 Å². The van der Waals surface area contributed by atoms with Crippen molar-refractivity contribution < 1.29 is 4.79 Å².